The molecule has 2 heterocycles. The Hall–Kier alpha value is -0.880. The van der Waals surface area contributed by atoms with E-state index >= 15 is 0 Å². The van der Waals surface area contributed by atoms with E-state index in [1.807, 2.05) is 0 Å². The summed E-state index contributed by atoms with van der Waals surface area (Å²) in [4.78, 5) is 11.8. The third-order valence-corrected chi connectivity index (χ3v) is 4.41. The molecule has 5 nitrogen and oxygen atoms in total. The van der Waals surface area contributed by atoms with Crippen molar-refractivity contribution in [2.75, 3.05) is 11.9 Å². The van der Waals surface area contributed by atoms with Crippen LogP contribution in [0.4, 0.5) is 5.69 Å². The number of ether oxygens (including phenoxy) is 1. The largest absolute Gasteiger partial charge is 0.377 e. The molecule has 98 valence electrons. The molecule has 0 amide bonds. The van der Waals surface area contributed by atoms with Gasteiger partial charge >= 0.3 is 0 Å². The van der Waals surface area contributed by atoms with Crippen molar-refractivity contribution in [2.45, 2.75) is 31.4 Å². The Labute approximate surface area is 114 Å². The first-order valence-corrected chi connectivity index (χ1v) is 7.06. The van der Waals surface area contributed by atoms with E-state index in [2.05, 4.69) is 26.3 Å². The molecular formula is C12H16BrN3O2. The lowest BCUT2D eigenvalue weighted by Crippen LogP contribution is -2.32. The van der Waals surface area contributed by atoms with Crippen LogP contribution >= 0.6 is 15.9 Å². The Morgan fingerprint density at radius 1 is 1.50 bits per heavy atom. The minimum absolute atomic E-state index is 0.123. The van der Waals surface area contributed by atoms with Gasteiger partial charge in [-0.25, -0.2) is 4.68 Å². The number of anilines is 1. The van der Waals surface area contributed by atoms with Crippen LogP contribution in [0.5, 0.6) is 0 Å². The standard InChI is InChI=1S/C12H16BrN3O2/c1-16-12(17)10(13)9(6-14-16)15-8-4-5-18-11(8)7-2-3-7/h6-8,11,15H,2-5H2,1H3. The second-order valence-corrected chi connectivity index (χ2v) is 5.81. The summed E-state index contributed by atoms with van der Waals surface area (Å²) in [5, 5.41) is 7.44. The van der Waals surface area contributed by atoms with Crippen molar-refractivity contribution in [3.05, 3.63) is 21.0 Å². The first-order chi connectivity index (χ1) is 8.66. The summed E-state index contributed by atoms with van der Waals surface area (Å²) in [6, 6.07) is 0.294. The number of halogens is 1. The fourth-order valence-corrected chi connectivity index (χ4v) is 2.94. The molecule has 0 aromatic carbocycles. The van der Waals surface area contributed by atoms with E-state index in [0.29, 0.717) is 22.5 Å². The number of hydrogen-bond donors (Lipinski definition) is 1. The zero-order chi connectivity index (χ0) is 12.7. The number of aryl methyl sites for hydroxylation is 1. The van der Waals surface area contributed by atoms with Crippen LogP contribution in [0.1, 0.15) is 19.3 Å². The number of rotatable bonds is 3. The summed E-state index contributed by atoms with van der Waals surface area (Å²) < 4.78 is 7.64. The van der Waals surface area contributed by atoms with Gasteiger partial charge in [0.15, 0.2) is 0 Å². The van der Waals surface area contributed by atoms with E-state index in [-0.39, 0.29) is 5.56 Å². The van der Waals surface area contributed by atoms with Crippen LogP contribution in [0.3, 0.4) is 0 Å². The number of nitrogens with one attached hydrogen (secondary N) is 1. The Bertz CT molecular complexity index is 513. The van der Waals surface area contributed by atoms with Gasteiger partial charge in [-0.05, 0) is 41.1 Å². The molecule has 2 aliphatic rings. The lowest BCUT2D eigenvalue weighted by atomic mass is 10.1. The predicted molar refractivity (Wildman–Crippen MR) is 71.7 cm³/mol. The maximum absolute atomic E-state index is 11.8. The topological polar surface area (TPSA) is 56.1 Å². The smallest absolute Gasteiger partial charge is 0.282 e. The van der Waals surface area contributed by atoms with Crippen molar-refractivity contribution in [3.8, 4) is 0 Å². The predicted octanol–water partition coefficient (Wildman–Crippen LogP) is 1.52. The summed E-state index contributed by atoms with van der Waals surface area (Å²) >= 11 is 3.33. The van der Waals surface area contributed by atoms with Gasteiger partial charge in [0.25, 0.3) is 5.56 Å². The van der Waals surface area contributed by atoms with E-state index in [9.17, 15) is 4.79 Å². The van der Waals surface area contributed by atoms with Gasteiger partial charge in [0.05, 0.1) is 24.0 Å². The van der Waals surface area contributed by atoms with Gasteiger partial charge in [0.1, 0.15) is 4.47 Å². The molecule has 0 spiro atoms. The monoisotopic (exact) mass is 313 g/mol. The van der Waals surface area contributed by atoms with Crippen molar-refractivity contribution in [3.63, 3.8) is 0 Å². The van der Waals surface area contributed by atoms with Crippen LogP contribution in [0.25, 0.3) is 0 Å². The molecule has 0 bridgehead atoms. The Morgan fingerprint density at radius 2 is 2.28 bits per heavy atom. The third kappa shape index (κ3) is 2.19. The molecule has 1 aliphatic heterocycles. The fraction of sp³-hybridized carbons (Fsp3) is 0.667. The average Bonchev–Trinajstić information content (AvgIpc) is 3.11. The summed E-state index contributed by atoms with van der Waals surface area (Å²) in [5.74, 6) is 0.697. The molecule has 1 saturated carbocycles. The zero-order valence-corrected chi connectivity index (χ0v) is 11.8. The first kappa shape index (κ1) is 12.2. The lowest BCUT2D eigenvalue weighted by molar-refractivity contribution is 0.0898. The molecule has 18 heavy (non-hydrogen) atoms. The molecule has 1 aromatic rings. The normalized spacial score (nSPS) is 27.4. The van der Waals surface area contributed by atoms with Crippen LogP contribution in [0.2, 0.25) is 0 Å². The van der Waals surface area contributed by atoms with E-state index < -0.39 is 0 Å². The van der Waals surface area contributed by atoms with E-state index in [4.69, 9.17) is 4.74 Å². The third-order valence-electron chi connectivity index (χ3n) is 3.64. The maximum Gasteiger partial charge on any atom is 0.282 e. The fourth-order valence-electron chi connectivity index (χ4n) is 2.47. The van der Waals surface area contributed by atoms with Gasteiger partial charge in [-0.2, -0.15) is 5.10 Å². The Balaban J connectivity index is 1.80. The molecule has 1 aliphatic carbocycles. The molecule has 1 N–H and O–H groups in total. The molecule has 2 fully saturated rings. The van der Waals surface area contributed by atoms with Crippen LogP contribution in [0, 0.1) is 5.92 Å². The Kier molecular flexibility index (Phi) is 3.15. The highest BCUT2D eigenvalue weighted by Crippen LogP contribution is 2.39. The summed E-state index contributed by atoms with van der Waals surface area (Å²) in [7, 11) is 1.64. The minimum atomic E-state index is -0.123. The quantitative estimate of drug-likeness (QED) is 0.919. The van der Waals surface area contributed by atoms with Crippen LogP contribution < -0.4 is 10.9 Å². The molecule has 6 heteroatoms. The second-order valence-electron chi connectivity index (χ2n) is 5.01. The molecule has 2 unspecified atom stereocenters. The van der Waals surface area contributed by atoms with E-state index in [1.54, 1.807) is 13.2 Å². The van der Waals surface area contributed by atoms with E-state index in [0.717, 1.165) is 18.7 Å². The maximum atomic E-state index is 11.8. The van der Waals surface area contributed by atoms with Gasteiger partial charge < -0.3 is 10.1 Å². The van der Waals surface area contributed by atoms with Crippen molar-refractivity contribution in [2.24, 2.45) is 13.0 Å². The molecule has 2 atom stereocenters. The molecule has 1 aromatic heterocycles. The highest BCUT2D eigenvalue weighted by atomic mass is 79.9. The van der Waals surface area contributed by atoms with Crippen molar-refractivity contribution in [1.29, 1.82) is 0 Å². The van der Waals surface area contributed by atoms with Gasteiger partial charge in [-0.3, -0.25) is 4.79 Å². The van der Waals surface area contributed by atoms with E-state index in [1.165, 1.54) is 17.5 Å². The molecule has 1 saturated heterocycles. The summed E-state index contributed by atoms with van der Waals surface area (Å²) in [6.07, 6.45) is 5.50. The molecule has 0 radical (unpaired) electrons. The van der Waals surface area contributed by atoms with Crippen LogP contribution in [-0.4, -0.2) is 28.5 Å². The van der Waals surface area contributed by atoms with Crippen molar-refractivity contribution < 1.29 is 4.74 Å². The highest BCUT2D eigenvalue weighted by molar-refractivity contribution is 9.10. The van der Waals surface area contributed by atoms with Gasteiger partial charge in [0.2, 0.25) is 0 Å². The van der Waals surface area contributed by atoms with Gasteiger partial charge in [0, 0.05) is 13.7 Å². The number of hydrogen-bond acceptors (Lipinski definition) is 4. The lowest BCUT2D eigenvalue weighted by Gasteiger charge is -2.21. The molecular weight excluding hydrogens is 298 g/mol. The van der Waals surface area contributed by atoms with Crippen LogP contribution in [-0.2, 0) is 11.8 Å². The van der Waals surface area contributed by atoms with Crippen LogP contribution in [0.15, 0.2) is 15.5 Å². The molecule has 3 rings (SSSR count). The first-order valence-electron chi connectivity index (χ1n) is 6.27. The summed E-state index contributed by atoms with van der Waals surface area (Å²) in [5.41, 5.74) is 0.640. The average molecular weight is 314 g/mol. The SMILES string of the molecule is Cn1ncc(NC2CCOC2C2CC2)c(Br)c1=O. The number of aromatic nitrogens is 2. The van der Waals surface area contributed by atoms with Gasteiger partial charge in [-0.1, -0.05) is 0 Å². The Morgan fingerprint density at radius 3 is 3.00 bits per heavy atom. The van der Waals surface area contributed by atoms with Crippen molar-refractivity contribution in [1.82, 2.24) is 9.78 Å². The summed E-state index contributed by atoms with van der Waals surface area (Å²) in [6.45, 7) is 0.800. The van der Waals surface area contributed by atoms with Crippen molar-refractivity contribution >= 4 is 21.6 Å². The minimum Gasteiger partial charge on any atom is -0.377 e. The highest BCUT2D eigenvalue weighted by Gasteiger charge is 2.40. The zero-order valence-electron chi connectivity index (χ0n) is 10.2. The van der Waals surface area contributed by atoms with Gasteiger partial charge in [-0.15, -0.1) is 0 Å². The second kappa shape index (κ2) is 4.66. The number of nitrogens with zero attached hydrogens (tertiary/aromatic N) is 2.